The maximum atomic E-state index is 12.8. The molecule has 0 unspecified atom stereocenters. The molecule has 0 aromatic heterocycles. The van der Waals surface area contributed by atoms with Crippen LogP contribution in [0.1, 0.15) is 18.0 Å². The molecule has 2 heterocycles. The van der Waals surface area contributed by atoms with Crippen molar-refractivity contribution < 1.29 is 19.1 Å². The fourth-order valence-electron chi connectivity index (χ4n) is 2.88. The molecule has 0 radical (unpaired) electrons. The summed E-state index contributed by atoms with van der Waals surface area (Å²) in [6, 6.07) is 9.39. The number of rotatable bonds is 2. The molecule has 2 saturated heterocycles. The van der Waals surface area contributed by atoms with Gasteiger partial charge in [0.15, 0.2) is 6.10 Å². The van der Waals surface area contributed by atoms with Gasteiger partial charge in [0, 0.05) is 13.1 Å². The number of carbonyl (C=O) groups excluding carboxylic acids is 2. The second kappa shape index (κ2) is 6.89. The largest absolute Gasteiger partial charge is 0.376 e. The predicted octanol–water partition coefficient (Wildman–Crippen LogP) is 0.492. The van der Waals surface area contributed by atoms with E-state index in [2.05, 4.69) is 5.32 Å². The molecule has 0 bridgehead atoms. The van der Waals surface area contributed by atoms with E-state index in [9.17, 15) is 9.59 Å². The number of nitrogens with one attached hydrogen (secondary N) is 1. The highest BCUT2D eigenvalue weighted by atomic mass is 16.6. The van der Waals surface area contributed by atoms with Crippen molar-refractivity contribution in [2.24, 2.45) is 0 Å². The first-order valence-electron chi connectivity index (χ1n) is 7.57. The molecule has 118 valence electrons. The third-order valence-electron chi connectivity index (χ3n) is 3.99. The zero-order valence-corrected chi connectivity index (χ0v) is 12.4. The number of amides is 2. The quantitative estimate of drug-likeness (QED) is 0.863. The minimum absolute atomic E-state index is 0.0371. The van der Waals surface area contributed by atoms with Crippen LogP contribution in [0, 0.1) is 0 Å². The maximum absolute atomic E-state index is 12.8. The van der Waals surface area contributed by atoms with Gasteiger partial charge in [-0.15, -0.1) is 0 Å². The molecular weight excluding hydrogens is 284 g/mol. The van der Waals surface area contributed by atoms with Gasteiger partial charge < -0.3 is 19.7 Å². The summed E-state index contributed by atoms with van der Waals surface area (Å²) in [5.74, 6) is -0.144. The lowest BCUT2D eigenvalue weighted by molar-refractivity contribution is -0.160. The van der Waals surface area contributed by atoms with Crippen LogP contribution in [0.2, 0.25) is 0 Å². The van der Waals surface area contributed by atoms with E-state index in [0.29, 0.717) is 26.3 Å². The van der Waals surface area contributed by atoms with E-state index in [1.165, 1.54) is 0 Å². The number of ether oxygens (including phenoxy) is 2. The van der Waals surface area contributed by atoms with Gasteiger partial charge in [-0.2, -0.15) is 0 Å². The Morgan fingerprint density at radius 3 is 2.77 bits per heavy atom. The molecule has 3 rings (SSSR count). The van der Waals surface area contributed by atoms with Crippen LogP contribution in [0.15, 0.2) is 30.3 Å². The van der Waals surface area contributed by atoms with Crippen molar-refractivity contribution in [3.8, 4) is 0 Å². The Balaban J connectivity index is 1.84. The Labute approximate surface area is 129 Å². The molecule has 0 saturated carbocycles. The molecule has 2 atom stereocenters. The Hall–Kier alpha value is -1.92. The van der Waals surface area contributed by atoms with Gasteiger partial charge in [-0.25, -0.2) is 0 Å². The first kappa shape index (κ1) is 15.0. The zero-order valence-electron chi connectivity index (χ0n) is 12.4. The van der Waals surface area contributed by atoms with Gasteiger partial charge in [-0.1, -0.05) is 30.3 Å². The highest BCUT2D eigenvalue weighted by molar-refractivity contribution is 5.84. The highest BCUT2D eigenvalue weighted by Crippen LogP contribution is 2.27. The fourth-order valence-corrected chi connectivity index (χ4v) is 2.88. The van der Waals surface area contributed by atoms with E-state index in [4.69, 9.17) is 9.47 Å². The van der Waals surface area contributed by atoms with Crippen LogP contribution >= 0.6 is 0 Å². The molecule has 0 spiro atoms. The summed E-state index contributed by atoms with van der Waals surface area (Å²) in [7, 11) is 0. The van der Waals surface area contributed by atoms with Crippen LogP contribution in [-0.4, -0.2) is 55.7 Å². The van der Waals surface area contributed by atoms with Crippen LogP contribution in [0.25, 0.3) is 0 Å². The topological polar surface area (TPSA) is 67.9 Å². The zero-order chi connectivity index (χ0) is 15.4. The van der Waals surface area contributed by atoms with Gasteiger partial charge in [-0.05, 0) is 5.56 Å². The summed E-state index contributed by atoms with van der Waals surface area (Å²) >= 11 is 0. The number of hydrogen-bond donors (Lipinski definition) is 1. The number of hydrogen-bond acceptors (Lipinski definition) is 4. The predicted molar refractivity (Wildman–Crippen MR) is 79.1 cm³/mol. The molecule has 2 aliphatic rings. The van der Waals surface area contributed by atoms with Gasteiger partial charge in [-0.3, -0.25) is 9.59 Å². The molecule has 6 nitrogen and oxygen atoms in total. The van der Waals surface area contributed by atoms with Crippen LogP contribution in [0.4, 0.5) is 0 Å². The van der Waals surface area contributed by atoms with E-state index in [1.807, 2.05) is 30.3 Å². The maximum Gasteiger partial charge on any atom is 0.254 e. The summed E-state index contributed by atoms with van der Waals surface area (Å²) in [6.45, 7) is 2.16. The number of carbonyl (C=O) groups is 2. The van der Waals surface area contributed by atoms with E-state index in [1.54, 1.807) is 4.90 Å². The van der Waals surface area contributed by atoms with E-state index in [0.717, 1.165) is 5.56 Å². The standard InChI is InChI=1S/C16H20N2O4/c19-15-10-13(12-4-2-1-3-5-12)18(7-6-17-15)16(20)14-11-21-8-9-22-14/h1-5,13-14H,6-11H2,(H,17,19)/t13-,14+/m1/s1. The van der Waals surface area contributed by atoms with Crippen molar-refractivity contribution in [3.63, 3.8) is 0 Å². The van der Waals surface area contributed by atoms with Crippen molar-refractivity contribution in [2.75, 3.05) is 32.9 Å². The first-order valence-corrected chi connectivity index (χ1v) is 7.57. The van der Waals surface area contributed by atoms with Gasteiger partial charge in [0.2, 0.25) is 5.91 Å². The highest BCUT2D eigenvalue weighted by Gasteiger charge is 2.34. The molecule has 2 amide bonds. The van der Waals surface area contributed by atoms with Crippen molar-refractivity contribution in [2.45, 2.75) is 18.6 Å². The SMILES string of the molecule is O=C1C[C@H](c2ccccc2)N(C(=O)[C@@H]2COCCO2)CCN1. The normalized spacial score (nSPS) is 26.2. The summed E-state index contributed by atoms with van der Waals surface area (Å²) < 4.78 is 10.9. The first-order chi connectivity index (χ1) is 10.8. The number of benzene rings is 1. The second-order valence-electron chi connectivity index (χ2n) is 5.45. The summed E-state index contributed by atoms with van der Waals surface area (Å²) in [4.78, 5) is 26.4. The molecule has 1 N–H and O–H groups in total. The fraction of sp³-hybridized carbons (Fsp3) is 0.500. The minimum atomic E-state index is -0.576. The van der Waals surface area contributed by atoms with Crippen molar-refractivity contribution in [3.05, 3.63) is 35.9 Å². The van der Waals surface area contributed by atoms with Crippen molar-refractivity contribution in [1.29, 1.82) is 0 Å². The van der Waals surface area contributed by atoms with E-state index in [-0.39, 0.29) is 30.9 Å². The van der Waals surface area contributed by atoms with Gasteiger partial charge in [0.1, 0.15) is 0 Å². The molecule has 22 heavy (non-hydrogen) atoms. The lowest BCUT2D eigenvalue weighted by atomic mass is 10.0. The third kappa shape index (κ3) is 3.28. The summed E-state index contributed by atoms with van der Waals surface area (Å²) in [5, 5.41) is 2.83. The Morgan fingerprint density at radius 2 is 2.05 bits per heavy atom. The Kier molecular flexibility index (Phi) is 4.70. The second-order valence-corrected chi connectivity index (χ2v) is 5.45. The smallest absolute Gasteiger partial charge is 0.254 e. The van der Waals surface area contributed by atoms with Crippen LogP contribution in [-0.2, 0) is 19.1 Å². The lowest BCUT2D eigenvalue weighted by Crippen LogP contribution is -2.47. The molecule has 2 aliphatic heterocycles. The molecule has 6 heteroatoms. The molecule has 1 aromatic rings. The molecule has 2 fully saturated rings. The third-order valence-corrected chi connectivity index (χ3v) is 3.99. The van der Waals surface area contributed by atoms with Crippen molar-refractivity contribution >= 4 is 11.8 Å². The van der Waals surface area contributed by atoms with Crippen LogP contribution < -0.4 is 5.32 Å². The Bertz CT molecular complexity index is 528. The minimum Gasteiger partial charge on any atom is -0.376 e. The lowest BCUT2D eigenvalue weighted by Gasteiger charge is -2.33. The molecular formula is C16H20N2O4. The Morgan fingerprint density at radius 1 is 1.23 bits per heavy atom. The van der Waals surface area contributed by atoms with E-state index < -0.39 is 6.10 Å². The number of nitrogens with zero attached hydrogens (tertiary/aromatic N) is 1. The van der Waals surface area contributed by atoms with Crippen LogP contribution in [0.5, 0.6) is 0 Å². The monoisotopic (exact) mass is 304 g/mol. The van der Waals surface area contributed by atoms with Gasteiger partial charge in [0.05, 0.1) is 32.3 Å². The van der Waals surface area contributed by atoms with Crippen molar-refractivity contribution in [1.82, 2.24) is 10.2 Å². The molecule has 0 aliphatic carbocycles. The van der Waals surface area contributed by atoms with Gasteiger partial charge in [0.25, 0.3) is 5.91 Å². The van der Waals surface area contributed by atoms with Crippen LogP contribution in [0.3, 0.4) is 0 Å². The average molecular weight is 304 g/mol. The average Bonchev–Trinajstić information content (AvgIpc) is 2.77. The summed E-state index contributed by atoms with van der Waals surface area (Å²) in [5.41, 5.74) is 0.963. The molecule has 1 aromatic carbocycles. The van der Waals surface area contributed by atoms with Gasteiger partial charge >= 0.3 is 0 Å². The van der Waals surface area contributed by atoms with E-state index >= 15 is 0 Å². The summed E-state index contributed by atoms with van der Waals surface area (Å²) in [6.07, 6.45) is -0.309.